The SMILES string of the molecule is O=C(Cc1ccc(Br)s1)NC1(C(=O)O)CCC1. The first-order valence-electron chi connectivity index (χ1n) is 5.30. The molecule has 1 aliphatic rings. The minimum absolute atomic E-state index is 0.221. The molecule has 1 heterocycles. The van der Waals surface area contributed by atoms with E-state index in [9.17, 15) is 9.59 Å². The lowest BCUT2D eigenvalue weighted by Gasteiger charge is -2.38. The number of aliphatic carboxylic acids is 1. The lowest BCUT2D eigenvalue weighted by atomic mass is 9.76. The van der Waals surface area contributed by atoms with E-state index in [1.165, 1.54) is 11.3 Å². The van der Waals surface area contributed by atoms with Crippen LogP contribution in [0, 0.1) is 0 Å². The number of carbonyl (C=O) groups is 2. The van der Waals surface area contributed by atoms with E-state index in [1.807, 2.05) is 12.1 Å². The van der Waals surface area contributed by atoms with Crippen molar-refractivity contribution in [2.24, 2.45) is 0 Å². The predicted molar refractivity (Wildman–Crippen MR) is 68.1 cm³/mol. The van der Waals surface area contributed by atoms with E-state index >= 15 is 0 Å². The van der Waals surface area contributed by atoms with Gasteiger partial charge in [0.15, 0.2) is 0 Å². The molecule has 1 aromatic heterocycles. The molecule has 6 heteroatoms. The summed E-state index contributed by atoms with van der Waals surface area (Å²) in [7, 11) is 0. The molecule has 0 aliphatic heterocycles. The molecule has 2 N–H and O–H groups in total. The van der Waals surface area contributed by atoms with E-state index in [0.717, 1.165) is 15.1 Å². The molecule has 92 valence electrons. The molecular formula is C11H12BrNO3S. The van der Waals surface area contributed by atoms with Crippen LogP contribution in [-0.2, 0) is 16.0 Å². The Morgan fingerprint density at radius 1 is 1.47 bits per heavy atom. The number of hydrogen-bond acceptors (Lipinski definition) is 3. The summed E-state index contributed by atoms with van der Waals surface area (Å²) in [6.45, 7) is 0. The van der Waals surface area contributed by atoms with Crippen LogP contribution in [0.2, 0.25) is 0 Å². The predicted octanol–water partition coefficient (Wildman–Crippen LogP) is 2.18. The van der Waals surface area contributed by atoms with Crippen LogP contribution in [-0.4, -0.2) is 22.5 Å². The normalized spacial score (nSPS) is 17.2. The standard InChI is InChI=1S/C11H12BrNO3S/c12-8-3-2-7(17-8)6-9(14)13-11(10(15)16)4-1-5-11/h2-3H,1,4-6H2,(H,13,14)(H,15,16). The quantitative estimate of drug-likeness (QED) is 0.894. The minimum Gasteiger partial charge on any atom is -0.480 e. The van der Waals surface area contributed by atoms with Gasteiger partial charge in [0.1, 0.15) is 5.54 Å². The van der Waals surface area contributed by atoms with E-state index in [0.29, 0.717) is 12.8 Å². The largest absolute Gasteiger partial charge is 0.480 e. The van der Waals surface area contributed by atoms with Crippen LogP contribution in [0.1, 0.15) is 24.1 Å². The lowest BCUT2D eigenvalue weighted by molar-refractivity contribution is -0.151. The number of halogens is 1. The third-order valence-corrected chi connectivity index (χ3v) is 4.58. The third kappa shape index (κ3) is 2.69. The number of nitrogens with one attached hydrogen (secondary N) is 1. The highest BCUT2D eigenvalue weighted by atomic mass is 79.9. The van der Waals surface area contributed by atoms with Crippen molar-refractivity contribution >= 4 is 39.1 Å². The van der Waals surface area contributed by atoms with Crippen molar-refractivity contribution in [3.63, 3.8) is 0 Å². The highest BCUT2D eigenvalue weighted by Crippen LogP contribution is 2.32. The Morgan fingerprint density at radius 3 is 2.59 bits per heavy atom. The molecule has 0 aromatic carbocycles. The fourth-order valence-electron chi connectivity index (χ4n) is 1.84. The van der Waals surface area contributed by atoms with E-state index < -0.39 is 11.5 Å². The molecule has 1 amide bonds. The smallest absolute Gasteiger partial charge is 0.329 e. The fourth-order valence-corrected chi connectivity index (χ4v) is 3.32. The molecular weight excluding hydrogens is 306 g/mol. The average Bonchev–Trinajstić information content (AvgIpc) is 2.57. The van der Waals surface area contributed by atoms with Gasteiger partial charge in [0, 0.05) is 4.88 Å². The van der Waals surface area contributed by atoms with Gasteiger partial charge < -0.3 is 10.4 Å². The molecule has 2 rings (SSSR count). The zero-order valence-corrected chi connectivity index (χ0v) is 11.4. The van der Waals surface area contributed by atoms with Gasteiger partial charge in [-0.3, -0.25) is 4.79 Å². The van der Waals surface area contributed by atoms with Crippen LogP contribution in [0.3, 0.4) is 0 Å². The van der Waals surface area contributed by atoms with Gasteiger partial charge in [-0.05, 0) is 47.3 Å². The summed E-state index contributed by atoms with van der Waals surface area (Å²) >= 11 is 4.81. The number of rotatable bonds is 4. The number of amides is 1. The van der Waals surface area contributed by atoms with E-state index in [2.05, 4.69) is 21.2 Å². The maximum Gasteiger partial charge on any atom is 0.329 e. The maximum absolute atomic E-state index is 11.8. The average molecular weight is 318 g/mol. The Bertz CT molecular complexity index is 453. The van der Waals surface area contributed by atoms with Gasteiger partial charge in [-0.25, -0.2) is 4.79 Å². The fraction of sp³-hybridized carbons (Fsp3) is 0.455. The molecule has 1 saturated carbocycles. The molecule has 0 unspecified atom stereocenters. The number of carboxylic acid groups (broad SMARTS) is 1. The van der Waals surface area contributed by atoms with Gasteiger partial charge in [0.05, 0.1) is 10.2 Å². The van der Waals surface area contributed by atoms with Crippen molar-refractivity contribution in [2.45, 2.75) is 31.2 Å². The second-order valence-electron chi connectivity index (χ2n) is 4.17. The summed E-state index contributed by atoms with van der Waals surface area (Å²) in [5.41, 5.74) is -1.01. The minimum atomic E-state index is -1.01. The molecule has 4 nitrogen and oxygen atoms in total. The Morgan fingerprint density at radius 2 is 2.18 bits per heavy atom. The van der Waals surface area contributed by atoms with Crippen LogP contribution in [0.5, 0.6) is 0 Å². The molecule has 0 saturated heterocycles. The summed E-state index contributed by atoms with van der Waals surface area (Å²) in [6.07, 6.45) is 2.16. The second-order valence-corrected chi connectivity index (χ2v) is 6.72. The molecule has 1 aromatic rings. The van der Waals surface area contributed by atoms with Crippen LogP contribution >= 0.6 is 27.3 Å². The summed E-state index contributed by atoms with van der Waals surface area (Å²) in [4.78, 5) is 23.8. The Kier molecular flexibility index (Phi) is 3.53. The first kappa shape index (κ1) is 12.6. The number of carbonyl (C=O) groups excluding carboxylic acids is 1. The second kappa shape index (κ2) is 4.78. The van der Waals surface area contributed by atoms with Gasteiger partial charge in [0.25, 0.3) is 0 Å². The van der Waals surface area contributed by atoms with E-state index in [1.54, 1.807) is 0 Å². The van der Waals surface area contributed by atoms with Crippen molar-refractivity contribution < 1.29 is 14.7 Å². The molecule has 1 fully saturated rings. The van der Waals surface area contributed by atoms with Gasteiger partial charge >= 0.3 is 5.97 Å². The zero-order chi connectivity index (χ0) is 12.5. The molecule has 1 aliphatic carbocycles. The summed E-state index contributed by atoms with van der Waals surface area (Å²) < 4.78 is 0.969. The molecule has 0 spiro atoms. The van der Waals surface area contributed by atoms with Crippen molar-refractivity contribution in [3.8, 4) is 0 Å². The molecule has 17 heavy (non-hydrogen) atoms. The van der Waals surface area contributed by atoms with Crippen LogP contribution in [0.25, 0.3) is 0 Å². The number of hydrogen-bond donors (Lipinski definition) is 2. The Labute approximate surface area is 111 Å². The zero-order valence-electron chi connectivity index (χ0n) is 9.03. The monoisotopic (exact) mass is 317 g/mol. The first-order valence-corrected chi connectivity index (χ1v) is 6.91. The molecule has 0 radical (unpaired) electrons. The summed E-state index contributed by atoms with van der Waals surface area (Å²) in [5.74, 6) is -1.15. The number of carboxylic acids is 1. The molecule has 0 bridgehead atoms. The van der Waals surface area contributed by atoms with Gasteiger partial charge in [-0.15, -0.1) is 11.3 Å². The number of thiophene rings is 1. The van der Waals surface area contributed by atoms with Crippen LogP contribution < -0.4 is 5.32 Å². The highest BCUT2D eigenvalue weighted by Gasteiger charge is 2.45. The Balaban J connectivity index is 1.95. The van der Waals surface area contributed by atoms with Crippen molar-refractivity contribution in [2.75, 3.05) is 0 Å². The molecule has 0 atom stereocenters. The van der Waals surface area contributed by atoms with Crippen molar-refractivity contribution in [1.29, 1.82) is 0 Å². The van der Waals surface area contributed by atoms with Crippen LogP contribution in [0.15, 0.2) is 15.9 Å². The maximum atomic E-state index is 11.8. The van der Waals surface area contributed by atoms with Crippen LogP contribution in [0.4, 0.5) is 0 Å². The third-order valence-electron chi connectivity index (χ3n) is 2.96. The first-order chi connectivity index (χ1) is 8.02. The topological polar surface area (TPSA) is 66.4 Å². The highest BCUT2D eigenvalue weighted by molar-refractivity contribution is 9.11. The van der Waals surface area contributed by atoms with Crippen molar-refractivity contribution in [3.05, 3.63) is 20.8 Å². The van der Waals surface area contributed by atoms with Crippen molar-refractivity contribution in [1.82, 2.24) is 5.32 Å². The van der Waals surface area contributed by atoms with E-state index in [-0.39, 0.29) is 12.3 Å². The summed E-state index contributed by atoms with van der Waals surface area (Å²) in [6, 6.07) is 3.74. The van der Waals surface area contributed by atoms with Gasteiger partial charge in [-0.2, -0.15) is 0 Å². The summed E-state index contributed by atoms with van der Waals surface area (Å²) in [5, 5.41) is 11.7. The van der Waals surface area contributed by atoms with E-state index in [4.69, 9.17) is 5.11 Å². The van der Waals surface area contributed by atoms with Gasteiger partial charge in [-0.1, -0.05) is 0 Å². The lowest BCUT2D eigenvalue weighted by Crippen LogP contribution is -2.59. The Hall–Kier alpha value is -0.880. The van der Waals surface area contributed by atoms with Gasteiger partial charge in [0.2, 0.25) is 5.91 Å².